The van der Waals surface area contributed by atoms with Crippen LogP contribution < -0.4 is 14.8 Å². The van der Waals surface area contributed by atoms with Crippen LogP contribution in [0.15, 0.2) is 47.6 Å². The molecule has 6 heteroatoms. The molecule has 0 fully saturated rings. The van der Waals surface area contributed by atoms with E-state index in [4.69, 9.17) is 25.9 Å². The number of hydrogen-bond donors (Lipinski definition) is 1. The molecule has 0 aliphatic carbocycles. The molecular formula is C19H21ClN2O3. The molecule has 0 spiro atoms. The Bertz CT molecular complexity index is 764. The zero-order valence-electron chi connectivity index (χ0n) is 14.3. The summed E-state index contributed by atoms with van der Waals surface area (Å²) in [6.45, 7) is 1.46. The number of rotatable bonds is 7. The lowest BCUT2D eigenvalue weighted by Gasteiger charge is -2.10. The van der Waals surface area contributed by atoms with Gasteiger partial charge in [-0.05, 0) is 35.9 Å². The van der Waals surface area contributed by atoms with Gasteiger partial charge >= 0.3 is 0 Å². The molecule has 0 bridgehead atoms. The second kappa shape index (κ2) is 8.23. The first-order valence-corrected chi connectivity index (χ1v) is 8.47. The maximum Gasteiger partial charge on any atom is 0.161 e. The van der Waals surface area contributed by atoms with Crippen LogP contribution in [0.5, 0.6) is 11.5 Å². The van der Waals surface area contributed by atoms with Crippen LogP contribution in [-0.4, -0.2) is 32.6 Å². The van der Waals surface area contributed by atoms with Crippen LogP contribution in [0.25, 0.3) is 0 Å². The first-order chi connectivity index (χ1) is 12.2. The molecule has 1 aliphatic rings. The zero-order chi connectivity index (χ0) is 17.6. The number of oxime groups is 1. The van der Waals surface area contributed by atoms with Crippen LogP contribution in [-0.2, 0) is 11.4 Å². The quantitative estimate of drug-likeness (QED) is 0.819. The van der Waals surface area contributed by atoms with Gasteiger partial charge in [-0.25, -0.2) is 0 Å². The van der Waals surface area contributed by atoms with Gasteiger partial charge in [0.25, 0.3) is 0 Å². The van der Waals surface area contributed by atoms with Gasteiger partial charge in [-0.3, -0.25) is 0 Å². The van der Waals surface area contributed by atoms with Crippen LogP contribution in [0.4, 0.5) is 0 Å². The van der Waals surface area contributed by atoms with Crippen LogP contribution in [0.3, 0.4) is 0 Å². The molecule has 0 unspecified atom stereocenters. The number of benzene rings is 2. The van der Waals surface area contributed by atoms with E-state index in [0.29, 0.717) is 18.0 Å². The first-order valence-electron chi connectivity index (χ1n) is 8.10. The minimum absolute atomic E-state index is 0.0160. The third-order valence-corrected chi connectivity index (χ3v) is 4.28. The van der Waals surface area contributed by atoms with E-state index in [0.717, 1.165) is 34.8 Å². The van der Waals surface area contributed by atoms with Crippen molar-refractivity contribution in [2.24, 2.45) is 5.16 Å². The Balaban J connectivity index is 1.53. The van der Waals surface area contributed by atoms with Gasteiger partial charge in [0.05, 0.1) is 19.9 Å². The molecule has 0 saturated carbocycles. The van der Waals surface area contributed by atoms with Gasteiger partial charge in [0, 0.05) is 30.1 Å². The summed E-state index contributed by atoms with van der Waals surface area (Å²) in [7, 11) is 3.24. The Morgan fingerprint density at radius 1 is 1.16 bits per heavy atom. The smallest absolute Gasteiger partial charge is 0.161 e. The summed E-state index contributed by atoms with van der Waals surface area (Å²) in [4.78, 5) is 5.54. The van der Waals surface area contributed by atoms with E-state index in [1.807, 2.05) is 42.5 Å². The SMILES string of the molecule is COc1ccc(C2=NO[C@@H](CNCc3cccc(Cl)c3)C2)cc1OC. The van der Waals surface area contributed by atoms with Crippen molar-refractivity contribution in [3.8, 4) is 11.5 Å². The molecule has 1 heterocycles. The van der Waals surface area contributed by atoms with E-state index in [-0.39, 0.29) is 6.10 Å². The van der Waals surface area contributed by atoms with Gasteiger partial charge in [0.1, 0.15) is 6.10 Å². The van der Waals surface area contributed by atoms with Gasteiger partial charge in [-0.1, -0.05) is 28.9 Å². The molecule has 132 valence electrons. The average Bonchev–Trinajstić information content (AvgIpc) is 3.10. The van der Waals surface area contributed by atoms with Crippen LogP contribution in [0, 0.1) is 0 Å². The highest BCUT2D eigenvalue weighted by atomic mass is 35.5. The standard InChI is InChI=1S/C19H21ClN2O3/c1-23-18-7-6-14(9-19(18)24-2)17-10-16(25-22-17)12-21-11-13-4-3-5-15(20)8-13/h3-9,16,21H,10-12H2,1-2H3/t16-/m1/s1. The van der Waals surface area contributed by atoms with Crippen molar-refractivity contribution < 1.29 is 14.3 Å². The molecule has 1 aliphatic heterocycles. The molecule has 2 aromatic carbocycles. The van der Waals surface area contributed by atoms with Gasteiger partial charge in [-0.15, -0.1) is 0 Å². The van der Waals surface area contributed by atoms with Gasteiger partial charge < -0.3 is 19.6 Å². The molecule has 2 aromatic rings. The van der Waals surface area contributed by atoms with Crippen molar-refractivity contribution >= 4 is 17.3 Å². The van der Waals surface area contributed by atoms with E-state index in [1.54, 1.807) is 14.2 Å². The number of nitrogens with one attached hydrogen (secondary N) is 1. The van der Waals surface area contributed by atoms with Crippen LogP contribution in [0.1, 0.15) is 17.5 Å². The Morgan fingerprint density at radius 3 is 2.76 bits per heavy atom. The highest BCUT2D eigenvalue weighted by molar-refractivity contribution is 6.30. The zero-order valence-corrected chi connectivity index (χ0v) is 15.0. The highest BCUT2D eigenvalue weighted by Gasteiger charge is 2.22. The van der Waals surface area contributed by atoms with E-state index < -0.39 is 0 Å². The van der Waals surface area contributed by atoms with Crippen molar-refractivity contribution in [1.29, 1.82) is 0 Å². The fraction of sp³-hybridized carbons (Fsp3) is 0.316. The van der Waals surface area contributed by atoms with E-state index >= 15 is 0 Å². The molecular weight excluding hydrogens is 340 g/mol. The minimum atomic E-state index is 0.0160. The molecule has 1 N–H and O–H groups in total. The summed E-state index contributed by atoms with van der Waals surface area (Å²) in [5.74, 6) is 1.38. The molecule has 0 aromatic heterocycles. The van der Waals surface area contributed by atoms with Crippen molar-refractivity contribution in [1.82, 2.24) is 5.32 Å². The number of halogens is 1. The lowest BCUT2D eigenvalue weighted by Crippen LogP contribution is -2.26. The molecule has 25 heavy (non-hydrogen) atoms. The fourth-order valence-corrected chi connectivity index (χ4v) is 2.96. The topological polar surface area (TPSA) is 52.1 Å². The van der Waals surface area contributed by atoms with E-state index in [1.165, 1.54) is 0 Å². The minimum Gasteiger partial charge on any atom is -0.493 e. The highest BCUT2D eigenvalue weighted by Crippen LogP contribution is 2.29. The summed E-state index contributed by atoms with van der Waals surface area (Å²) in [5, 5.41) is 8.35. The van der Waals surface area contributed by atoms with Gasteiger partial charge in [0.2, 0.25) is 0 Å². The third kappa shape index (κ3) is 4.44. The average molecular weight is 361 g/mol. The molecule has 0 saturated heterocycles. The van der Waals surface area contributed by atoms with Crippen molar-refractivity contribution in [2.45, 2.75) is 19.1 Å². The molecule has 1 atom stereocenters. The molecule has 5 nitrogen and oxygen atoms in total. The Labute approximate surface area is 152 Å². The second-order valence-electron chi connectivity index (χ2n) is 5.80. The summed E-state index contributed by atoms with van der Waals surface area (Å²) >= 11 is 5.99. The van der Waals surface area contributed by atoms with Crippen molar-refractivity contribution in [3.63, 3.8) is 0 Å². The summed E-state index contributed by atoms with van der Waals surface area (Å²) in [6, 6.07) is 13.6. The Morgan fingerprint density at radius 2 is 2.00 bits per heavy atom. The Kier molecular flexibility index (Phi) is 5.79. The normalized spacial score (nSPS) is 16.3. The largest absolute Gasteiger partial charge is 0.493 e. The van der Waals surface area contributed by atoms with Crippen LogP contribution in [0.2, 0.25) is 5.02 Å². The number of hydrogen-bond acceptors (Lipinski definition) is 5. The predicted molar refractivity (Wildman–Crippen MR) is 98.7 cm³/mol. The maximum atomic E-state index is 5.99. The predicted octanol–water partition coefficient (Wildman–Crippen LogP) is 3.64. The molecule has 0 amide bonds. The Hall–Kier alpha value is -2.24. The summed E-state index contributed by atoms with van der Waals surface area (Å²) in [5.41, 5.74) is 3.04. The molecule has 3 rings (SSSR count). The van der Waals surface area contributed by atoms with Gasteiger partial charge in [0.15, 0.2) is 11.5 Å². The number of nitrogens with zero attached hydrogens (tertiary/aromatic N) is 1. The summed E-state index contributed by atoms with van der Waals surface area (Å²) < 4.78 is 10.6. The molecule has 0 radical (unpaired) electrons. The van der Waals surface area contributed by atoms with Crippen molar-refractivity contribution in [2.75, 3.05) is 20.8 Å². The van der Waals surface area contributed by atoms with Gasteiger partial charge in [-0.2, -0.15) is 0 Å². The maximum absolute atomic E-state index is 5.99. The van der Waals surface area contributed by atoms with E-state index in [2.05, 4.69) is 10.5 Å². The fourth-order valence-electron chi connectivity index (χ4n) is 2.75. The van der Waals surface area contributed by atoms with Crippen LogP contribution >= 0.6 is 11.6 Å². The lowest BCUT2D eigenvalue weighted by atomic mass is 10.0. The summed E-state index contributed by atoms with van der Waals surface area (Å²) in [6.07, 6.45) is 0.764. The first kappa shape index (κ1) is 17.6. The third-order valence-electron chi connectivity index (χ3n) is 4.04. The van der Waals surface area contributed by atoms with E-state index in [9.17, 15) is 0 Å². The number of ether oxygens (including phenoxy) is 2. The second-order valence-corrected chi connectivity index (χ2v) is 6.24. The van der Waals surface area contributed by atoms with Crippen molar-refractivity contribution in [3.05, 3.63) is 58.6 Å². The monoisotopic (exact) mass is 360 g/mol. The number of methoxy groups -OCH3 is 2. The lowest BCUT2D eigenvalue weighted by molar-refractivity contribution is 0.0848.